The normalized spacial score (nSPS) is 30.4. The maximum absolute atomic E-state index is 14.3. The first-order chi connectivity index (χ1) is 20.7. The van der Waals surface area contributed by atoms with E-state index in [9.17, 15) is 24.0 Å². The molecule has 1 fully saturated rings. The molecule has 0 amide bonds. The average Bonchev–Trinajstić information content (AvgIpc) is 3.24. The third-order valence-electron chi connectivity index (χ3n) is 8.59. The van der Waals surface area contributed by atoms with Crippen LogP contribution in [-0.2, 0) is 28.6 Å². The van der Waals surface area contributed by atoms with Crippen LogP contribution in [0.2, 0.25) is 0 Å². The fourth-order valence-corrected chi connectivity index (χ4v) is 6.06. The molecular weight excluding hydrogens is 560 g/mol. The molecule has 0 aromatic heterocycles. The Hall–Kier alpha value is -4.33. The maximum Gasteiger partial charge on any atom is 0.338 e. The third-order valence-corrected chi connectivity index (χ3v) is 8.59. The van der Waals surface area contributed by atoms with Gasteiger partial charge in [0.15, 0.2) is 11.4 Å². The summed E-state index contributed by atoms with van der Waals surface area (Å²) < 4.78 is 17.9. The van der Waals surface area contributed by atoms with Crippen LogP contribution in [0.25, 0.3) is 0 Å². The van der Waals surface area contributed by atoms with Crippen LogP contribution in [0.15, 0.2) is 84.5 Å². The zero-order chi connectivity index (χ0) is 32.2. The molecule has 0 bridgehead atoms. The number of benzene rings is 2. The standard InChI is InChI=1S/C36H40O8/c1-22-17-18-35(5,6)30(38)20-29(42-33(40)26-13-9-7-10-14-26)23(2)19-28-31(43-34(41)27-15-11-8-12-16-27)24(3)21-36(28,32(22)39)44-25(4)37/h7-19,22,24,28-29,31H,20-21H2,1-6H3/b18-17+,23-19-/t22-,24+,28+,29+,31+,36-/m1/s1. The quantitative estimate of drug-likeness (QED) is 0.230. The van der Waals surface area contributed by atoms with Crippen molar-refractivity contribution in [1.82, 2.24) is 0 Å². The van der Waals surface area contributed by atoms with E-state index in [2.05, 4.69) is 0 Å². The molecule has 8 heteroatoms. The number of rotatable bonds is 5. The minimum Gasteiger partial charge on any atom is -0.458 e. The number of allylic oxidation sites excluding steroid dienone is 2. The van der Waals surface area contributed by atoms with Gasteiger partial charge in [-0.05, 0) is 56.5 Å². The van der Waals surface area contributed by atoms with Gasteiger partial charge in [0.25, 0.3) is 0 Å². The molecule has 6 atom stereocenters. The molecule has 0 spiro atoms. The Morgan fingerprint density at radius 3 is 1.93 bits per heavy atom. The van der Waals surface area contributed by atoms with Crippen LogP contribution >= 0.6 is 0 Å². The van der Waals surface area contributed by atoms with Gasteiger partial charge in [0.2, 0.25) is 0 Å². The molecule has 0 heterocycles. The van der Waals surface area contributed by atoms with Gasteiger partial charge in [0.05, 0.1) is 17.0 Å². The minimum absolute atomic E-state index is 0.113. The van der Waals surface area contributed by atoms with Crippen molar-refractivity contribution in [2.45, 2.75) is 72.2 Å². The minimum atomic E-state index is -1.67. The van der Waals surface area contributed by atoms with E-state index in [0.717, 1.165) is 0 Å². The molecular formula is C36H40O8. The summed E-state index contributed by atoms with van der Waals surface area (Å²) in [5.41, 5.74) is -1.51. The molecule has 0 radical (unpaired) electrons. The van der Waals surface area contributed by atoms with Crippen molar-refractivity contribution in [1.29, 1.82) is 0 Å². The molecule has 44 heavy (non-hydrogen) atoms. The highest BCUT2D eigenvalue weighted by Gasteiger charge is 2.60. The summed E-state index contributed by atoms with van der Waals surface area (Å²) in [6.45, 7) is 9.97. The summed E-state index contributed by atoms with van der Waals surface area (Å²) in [4.78, 5) is 66.9. The smallest absolute Gasteiger partial charge is 0.338 e. The number of ketones is 2. The van der Waals surface area contributed by atoms with Crippen molar-refractivity contribution in [3.8, 4) is 0 Å². The van der Waals surface area contributed by atoms with E-state index >= 15 is 0 Å². The molecule has 0 N–H and O–H groups in total. The predicted octanol–water partition coefficient (Wildman–Crippen LogP) is 6.10. The highest BCUT2D eigenvalue weighted by molar-refractivity contribution is 5.95. The Morgan fingerprint density at radius 1 is 0.841 bits per heavy atom. The highest BCUT2D eigenvalue weighted by Crippen LogP contribution is 2.48. The van der Waals surface area contributed by atoms with Crippen molar-refractivity contribution in [3.63, 3.8) is 0 Å². The molecule has 0 unspecified atom stereocenters. The number of hydrogen-bond donors (Lipinski definition) is 0. The zero-order valence-corrected chi connectivity index (χ0v) is 26.1. The lowest BCUT2D eigenvalue weighted by molar-refractivity contribution is -0.171. The molecule has 2 aromatic carbocycles. The summed E-state index contributed by atoms with van der Waals surface area (Å²) in [7, 11) is 0. The van der Waals surface area contributed by atoms with Crippen molar-refractivity contribution < 1.29 is 38.2 Å². The van der Waals surface area contributed by atoms with E-state index in [0.29, 0.717) is 16.7 Å². The lowest BCUT2D eigenvalue weighted by Crippen LogP contribution is -2.50. The van der Waals surface area contributed by atoms with Gasteiger partial charge >= 0.3 is 17.9 Å². The SMILES string of the molecule is CC(=O)O[C@]12C[C@H](C)[C@H](OC(=O)c3ccccc3)[C@@H]1/C=C(/C)[C@@H](OC(=O)c1ccccc1)CC(=O)C(C)(C)/C=C/[C@@H](C)C2=O. The van der Waals surface area contributed by atoms with Crippen LogP contribution in [0.1, 0.15) is 75.1 Å². The number of Topliss-reactive ketones (excluding diaryl/α,β-unsaturated/α-hetero) is 2. The number of fused-ring (bicyclic) bond motifs is 1. The lowest BCUT2D eigenvalue weighted by atomic mass is 9.76. The van der Waals surface area contributed by atoms with Crippen molar-refractivity contribution >= 4 is 29.5 Å². The molecule has 8 nitrogen and oxygen atoms in total. The van der Waals surface area contributed by atoms with Crippen molar-refractivity contribution in [3.05, 3.63) is 95.6 Å². The Bertz CT molecular complexity index is 1470. The summed E-state index contributed by atoms with van der Waals surface area (Å²) in [5, 5.41) is 0. The number of hydrogen-bond acceptors (Lipinski definition) is 8. The number of carbonyl (C=O) groups excluding carboxylic acids is 5. The van der Waals surface area contributed by atoms with E-state index in [1.54, 1.807) is 107 Å². The van der Waals surface area contributed by atoms with Crippen molar-refractivity contribution in [2.75, 3.05) is 0 Å². The second kappa shape index (κ2) is 13.1. The molecule has 2 aliphatic carbocycles. The topological polar surface area (TPSA) is 113 Å². The van der Waals surface area contributed by atoms with Gasteiger partial charge < -0.3 is 14.2 Å². The maximum atomic E-state index is 14.3. The second-order valence-electron chi connectivity index (χ2n) is 12.5. The van der Waals surface area contributed by atoms with Gasteiger partial charge in [-0.15, -0.1) is 0 Å². The fourth-order valence-electron chi connectivity index (χ4n) is 6.06. The van der Waals surface area contributed by atoms with E-state index in [1.165, 1.54) is 6.92 Å². The Morgan fingerprint density at radius 2 is 1.39 bits per heavy atom. The van der Waals surface area contributed by atoms with Gasteiger partial charge in [0, 0.05) is 31.1 Å². The first-order valence-corrected chi connectivity index (χ1v) is 14.9. The Labute approximate surface area is 258 Å². The van der Waals surface area contributed by atoms with Crippen LogP contribution in [0.4, 0.5) is 0 Å². The van der Waals surface area contributed by atoms with Gasteiger partial charge in [-0.25, -0.2) is 9.59 Å². The second-order valence-corrected chi connectivity index (χ2v) is 12.5. The fraction of sp³-hybridized carbons (Fsp3) is 0.417. The van der Waals surface area contributed by atoms with E-state index in [1.807, 2.05) is 6.92 Å². The first-order valence-electron chi connectivity index (χ1n) is 14.9. The van der Waals surface area contributed by atoms with Crippen molar-refractivity contribution in [2.24, 2.45) is 23.2 Å². The predicted molar refractivity (Wildman–Crippen MR) is 164 cm³/mol. The molecule has 0 aliphatic heterocycles. The third kappa shape index (κ3) is 6.90. The molecule has 2 aromatic rings. The van der Waals surface area contributed by atoms with Gasteiger partial charge in [-0.3, -0.25) is 14.4 Å². The van der Waals surface area contributed by atoms with E-state index in [-0.39, 0.29) is 30.3 Å². The monoisotopic (exact) mass is 600 g/mol. The first kappa shape index (κ1) is 32.6. The molecule has 0 saturated heterocycles. The summed E-state index contributed by atoms with van der Waals surface area (Å²) in [6, 6.07) is 16.9. The number of esters is 3. The van der Waals surface area contributed by atoms with Gasteiger partial charge in [-0.1, -0.05) is 68.5 Å². The summed E-state index contributed by atoms with van der Waals surface area (Å²) in [6.07, 6.45) is 3.15. The highest BCUT2D eigenvalue weighted by atomic mass is 16.6. The van der Waals surface area contributed by atoms with Crippen LogP contribution in [0, 0.1) is 23.2 Å². The zero-order valence-electron chi connectivity index (χ0n) is 26.1. The summed E-state index contributed by atoms with van der Waals surface area (Å²) in [5.74, 6) is -4.43. The average molecular weight is 601 g/mol. The van der Waals surface area contributed by atoms with Gasteiger partial charge in [0.1, 0.15) is 18.0 Å². The molecule has 4 rings (SSSR count). The Balaban J connectivity index is 1.86. The summed E-state index contributed by atoms with van der Waals surface area (Å²) >= 11 is 0. The van der Waals surface area contributed by atoms with E-state index < -0.39 is 53.0 Å². The van der Waals surface area contributed by atoms with Crippen LogP contribution in [0.5, 0.6) is 0 Å². The van der Waals surface area contributed by atoms with E-state index in [4.69, 9.17) is 14.2 Å². The largest absolute Gasteiger partial charge is 0.458 e. The lowest BCUT2D eigenvalue weighted by Gasteiger charge is -2.36. The van der Waals surface area contributed by atoms with Crippen LogP contribution in [0.3, 0.4) is 0 Å². The van der Waals surface area contributed by atoms with Crippen LogP contribution in [-0.4, -0.2) is 47.3 Å². The Kier molecular flexibility index (Phi) is 9.72. The van der Waals surface area contributed by atoms with Crippen LogP contribution < -0.4 is 0 Å². The van der Waals surface area contributed by atoms with Gasteiger partial charge in [-0.2, -0.15) is 0 Å². The molecule has 1 saturated carbocycles. The number of ether oxygens (including phenoxy) is 3. The number of carbonyl (C=O) groups is 5. The molecule has 2 aliphatic rings. The molecule has 232 valence electrons.